The van der Waals surface area contributed by atoms with Gasteiger partial charge in [-0.05, 0) is 69.2 Å². The van der Waals surface area contributed by atoms with Gasteiger partial charge in [-0.15, -0.1) is 0 Å². The van der Waals surface area contributed by atoms with Crippen LogP contribution in [0.2, 0.25) is 5.02 Å². The van der Waals surface area contributed by atoms with Crippen LogP contribution in [0.3, 0.4) is 0 Å². The van der Waals surface area contributed by atoms with Gasteiger partial charge in [0.05, 0.1) is 0 Å². The van der Waals surface area contributed by atoms with Gasteiger partial charge in [-0.25, -0.2) is 0 Å². The minimum atomic E-state index is -0.578. The number of carbonyl (C=O) groups excluding carboxylic acids is 1. The lowest BCUT2D eigenvalue weighted by Gasteiger charge is -2.21. The number of nitrogens with one attached hydrogen (secondary N) is 1. The third kappa shape index (κ3) is 5.40. The molecule has 0 unspecified atom stereocenters. The van der Waals surface area contributed by atoms with Crippen molar-refractivity contribution < 1.29 is 9.53 Å². The first-order valence-electron chi connectivity index (χ1n) is 8.99. The molecule has 1 amide bonds. The zero-order valence-corrected chi connectivity index (χ0v) is 16.6. The Balaban J connectivity index is 1.88. The molecule has 0 bridgehead atoms. The first kappa shape index (κ1) is 20.1. The summed E-state index contributed by atoms with van der Waals surface area (Å²) in [5, 5.41) is 3.60. The second-order valence-corrected chi connectivity index (χ2v) is 6.63. The van der Waals surface area contributed by atoms with E-state index in [0.29, 0.717) is 17.3 Å². The Morgan fingerprint density at radius 2 is 1.81 bits per heavy atom. The van der Waals surface area contributed by atoms with Crippen LogP contribution < -0.4 is 15.0 Å². The van der Waals surface area contributed by atoms with E-state index in [1.807, 2.05) is 25.1 Å². The highest BCUT2D eigenvalue weighted by Crippen LogP contribution is 2.22. The molecule has 2 rings (SSSR count). The topological polar surface area (TPSA) is 41.6 Å². The lowest BCUT2D eigenvalue weighted by molar-refractivity contribution is -0.127. The van der Waals surface area contributed by atoms with E-state index < -0.39 is 6.10 Å². The average molecular weight is 375 g/mol. The summed E-state index contributed by atoms with van der Waals surface area (Å²) in [6.45, 7) is 10.4. The molecule has 0 aliphatic heterocycles. The van der Waals surface area contributed by atoms with Crippen LogP contribution in [0.5, 0.6) is 5.75 Å². The van der Waals surface area contributed by atoms with Crippen molar-refractivity contribution in [3.8, 4) is 5.75 Å². The zero-order chi connectivity index (χ0) is 19.1. The smallest absolute Gasteiger partial charge is 0.261 e. The van der Waals surface area contributed by atoms with E-state index in [-0.39, 0.29) is 5.91 Å². The van der Waals surface area contributed by atoms with Gasteiger partial charge in [-0.2, -0.15) is 0 Å². The monoisotopic (exact) mass is 374 g/mol. The molecule has 0 aliphatic rings. The van der Waals surface area contributed by atoms with Gasteiger partial charge in [0.25, 0.3) is 5.91 Å². The van der Waals surface area contributed by atoms with Crippen LogP contribution in [0.15, 0.2) is 42.5 Å². The Morgan fingerprint density at radius 1 is 1.15 bits per heavy atom. The van der Waals surface area contributed by atoms with Crippen LogP contribution in [0, 0.1) is 6.92 Å². The van der Waals surface area contributed by atoms with E-state index in [1.165, 1.54) is 5.69 Å². The molecule has 0 saturated carbocycles. The van der Waals surface area contributed by atoms with Crippen molar-refractivity contribution in [1.82, 2.24) is 5.32 Å². The number of rotatable bonds is 8. The zero-order valence-electron chi connectivity index (χ0n) is 15.9. The van der Waals surface area contributed by atoms with Crippen molar-refractivity contribution in [1.29, 1.82) is 0 Å². The van der Waals surface area contributed by atoms with E-state index in [0.717, 1.165) is 24.2 Å². The quantitative estimate of drug-likeness (QED) is 0.735. The largest absolute Gasteiger partial charge is 0.481 e. The maximum atomic E-state index is 12.3. The van der Waals surface area contributed by atoms with Gasteiger partial charge >= 0.3 is 0 Å². The Morgan fingerprint density at radius 3 is 2.38 bits per heavy atom. The SMILES string of the molecule is CCN(CC)c1ccc(CNC(=O)[C@H](C)Oc2ccc(Cl)c(C)c2)cc1. The Hall–Kier alpha value is -2.20. The Kier molecular flexibility index (Phi) is 7.34. The number of benzene rings is 2. The number of hydrogen-bond donors (Lipinski definition) is 1. The van der Waals surface area contributed by atoms with E-state index in [2.05, 4.69) is 36.2 Å². The number of halogens is 1. The minimum Gasteiger partial charge on any atom is -0.481 e. The summed E-state index contributed by atoms with van der Waals surface area (Å²) in [6.07, 6.45) is -0.578. The average Bonchev–Trinajstić information content (AvgIpc) is 2.64. The Labute approximate surface area is 161 Å². The van der Waals surface area contributed by atoms with Gasteiger partial charge in [0.2, 0.25) is 0 Å². The molecular formula is C21H27ClN2O2. The summed E-state index contributed by atoms with van der Waals surface area (Å²) >= 11 is 6.01. The molecule has 0 saturated heterocycles. The molecule has 2 aromatic rings. The molecule has 140 valence electrons. The highest BCUT2D eigenvalue weighted by molar-refractivity contribution is 6.31. The molecule has 0 spiro atoms. The molecular weight excluding hydrogens is 348 g/mol. The summed E-state index contributed by atoms with van der Waals surface area (Å²) < 4.78 is 5.70. The molecule has 0 aliphatic carbocycles. The van der Waals surface area contributed by atoms with Crippen LogP contribution in [0.1, 0.15) is 31.9 Å². The van der Waals surface area contributed by atoms with Gasteiger partial charge in [0.1, 0.15) is 5.75 Å². The highest BCUT2D eigenvalue weighted by Gasteiger charge is 2.14. The summed E-state index contributed by atoms with van der Waals surface area (Å²) in [6, 6.07) is 13.6. The van der Waals surface area contributed by atoms with E-state index >= 15 is 0 Å². The van der Waals surface area contributed by atoms with Crippen LogP contribution in [-0.4, -0.2) is 25.1 Å². The molecule has 0 fully saturated rings. The molecule has 5 heteroatoms. The normalized spacial score (nSPS) is 11.7. The first-order valence-corrected chi connectivity index (χ1v) is 9.36. The molecule has 0 radical (unpaired) electrons. The molecule has 4 nitrogen and oxygen atoms in total. The summed E-state index contributed by atoms with van der Waals surface area (Å²) in [7, 11) is 0. The molecule has 1 atom stereocenters. The fourth-order valence-corrected chi connectivity index (χ4v) is 2.81. The van der Waals surface area contributed by atoms with Crippen molar-refractivity contribution in [2.24, 2.45) is 0 Å². The lowest BCUT2D eigenvalue weighted by Crippen LogP contribution is -2.35. The van der Waals surface area contributed by atoms with Crippen molar-refractivity contribution in [2.45, 2.75) is 40.3 Å². The number of hydrogen-bond acceptors (Lipinski definition) is 3. The van der Waals surface area contributed by atoms with E-state index in [4.69, 9.17) is 16.3 Å². The molecule has 1 N–H and O–H groups in total. The molecule has 0 heterocycles. The fraction of sp³-hybridized carbons (Fsp3) is 0.381. The number of amides is 1. The van der Waals surface area contributed by atoms with Crippen molar-refractivity contribution in [3.63, 3.8) is 0 Å². The standard InChI is InChI=1S/C21H27ClN2O2/c1-5-24(6-2)18-9-7-17(8-10-18)14-23-21(25)16(4)26-19-11-12-20(22)15(3)13-19/h7-13,16H,5-6,14H2,1-4H3,(H,23,25)/t16-/m0/s1. The van der Waals surface area contributed by atoms with Gasteiger partial charge in [-0.1, -0.05) is 23.7 Å². The predicted molar refractivity (Wildman–Crippen MR) is 108 cm³/mol. The second-order valence-electron chi connectivity index (χ2n) is 6.23. The van der Waals surface area contributed by atoms with E-state index in [9.17, 15) is 4.79 Å². The van der Waals surface area contributed by atoms with Crippen molar-refractivity contribution in [2.75, 3.05) is 18.0 Å². The van der Waals surface area contributed by atoms with Crippen LogP contribution in [0.25, 0.3) is 0 Å². The van der Waals surface area contributed by atoms with Gasteiger partial charge in [-0.3, -0.25) is 4.79 Å². The third-order valence-electron chi connectivity index (χ3n) is 4.34. The number of anilines is 1. The Bertz CT molecular complexity index is 727. The summed E-state index contributed by atoms with van der Waals surface area (Å²) in [5.74, 6) is 0.489. The van der Waals surface area contributed by atoms with Gasteiger partial charge in [0, 0.05) is 30.3 Å². The first-order chi connectivity index (χ1) is 12.4. The number of carbonyl (C=O) groups is 1. The van der Waals surface area contributed by atoms with E-state index in [1.54, 1.807) is 19.1 Å². The summed E-state index contributed by atoms with van der Waals surface area (Å²) in [5.41, 5.74) is 3.17. The maximum Gasteiger partial charge on any atom is 0.261 e. The fourth-order valence-electron chi connectivity index (χ4n) is 2.69. The molecule has 26 heavy (non-hydrogen) atoms. The predicted octanol–water partition coefficient (Wildman–Crippen LogP) is 4.58. The molecule has 0 aromatic heterocycles. The van der Waals surface area contributed by atoms with Crippen molar-refractivity contribution in [3.05, 3.63) is 58.6 Å². The number of ether oxygens (including phenoxy) is 1. The van der Waals surface area contributed by atoms with Gasteiger partial charge in [0.15, 0.2) is 6.10 Å². The van der Waals surface area contributed by atoms with Crippen molar-refractivity contribution >= 4 is 23.2 Å². The maximum absolute atomic E-state index is 12.3. The van der Waals surface area contributed by atoms with Crippen LogP contribution in [0.4, 0.5) is 5.69 Å². The number of aryl methyl sites for hydroxylation is 1. The second kappa shape index (κ2) is 9.48. The van der Waals surface area contributed by atoms with Gasteiger partial charge < -0.3 is 15.0 Å². The molecule has 2 aromatic carbocycles. The van der Waals surface area contributed by atoms with Crippen LogP contribution >= 0.6 is 11.6 Å². The van der Waals surface area contributed by atoms with Crippen LogP contribution in [-0.2, 0) is 11.3 Å². The minimum absolute atomic E-state index is 0.148. The number of nitrogens with zero attached hydrogens (tertiary/aromatic N) is 1. The summed E-state index contributed by atoms with van der Waals surface area (Å²) in [4.78, 5) is 14.6. The third-order valence-corrected chi connectivity index (χ3v) is 4.77. The highest BCUT2D eigenvalue weighted by atomic mass is 35.5. The lowest BCUT2D eigenvalue weighted by atomic mass is 10.2.